The van der Waals surface area contributed by atoms with E-state index >= 15 is 0 Å². The normalized spacial score (nSPS) is 13.8. The Morgan fingerprint density at radius 1 is 1.15 bits per heavy atom. The van der Waals surface area contributed by atoms with Gasteiger partial charge in [-0.3, -0.25) is 0 Å². The van der Waals surface area contributed by atoms with E-state index < -0.39 is 0 Å². The molecule has 0 aliphatic heterocycles. The van der Waals surface area contributed by atoms with E-state index in [-0.39, 0.29) is 0 Å². The van der Waals surface area contributed by atoms with Crippen LogP contribution in [0.3, 0.4) is 0 Å². The zero-order valence-electron chi connectivity index (χ0n) is 9.69. The number of nitrogens with one attached hydrogen (secondary N) is 2. The molecule has 2 nitrogen and oxygen atoms in total. The van der Waals surface area contributed by atoms with Crippen LogP contribution in [0.25, 0.3) is 0 Å². The SMILES string of the molecule is CCNC(CC(C)CC[SiH3])NCC. The molecule has 0 spiro atoms. The first-order valence-corrected chi connectivity index (χ1v) is 7.12. The van der Waals surface area contributed by atoms with Gasteiger partial charge in [0.1, 0.15) is 0 Å². The molecule has 0 aromatic heterocycles. The average molecular weight is 202 g/mol. The summed E-state index contributed by atoms with van der Waals surface area (Å²) in [7, 11) is 1.35. The van der Waals surface area contributed by atoms with Crippen molar-refractivity contribution in [2.24, 2.45) is 5.92 Å². The molecule has 3 heteroatoms. The van der Waals surface area contributed by atoms with Crippen LogP contribution in [-0.4, -0.2) is 29.5 Å². The average Bonchev–Trinajstić information content (AvgIpc) is 2.05. The smallest absolute Gasteiger partial charge is 0.0574 e. The van der Waals surface area contributed by atoms with Gasteiger partial charge in [0.25, 0.3) is 0 Å². The summed E-state index contributed by atoms with van der Waals surface area (Å²) < 4.78 is 0. The maximum absolute atomic E-state index is 3.47. The standard InChI is InChI=1S/C10H26N2Si/c1-4-11-10(12-5-2)8-9(3)6-7-13/h9-12H,4-8H2,1-3,13H3. The van der Waals surface area contributed by atoms with Crippen LogP contribution >= 0.6 is 0 Å². The molecule has 0 heterocycles. The van der Waals surface area contributed by atoms with Crippen molar-refractivity contribution in [3.63, 3.8) is 0 Å². The number of hydrogen-bond acceptors (Lipinski definition) is 2. The Labute approximate surface area is 86.3 Å². The van der Waals surface area contributed by atoms with Crippen LogP contribution < -0.4 is 10.6 Å². The predicted octanol–water partition coefficient (Wildman–Crippen LogP) is 0.732. The number of rotatable bonds is 8. The molecule has 0 aromatic carbocycles. The molecule has 0 amide bonds. The highest BCUT2D eigenvalue weighted by molar-refractivity contribution is 6.08. The van der Waals surface area contributed by atoms with E-state index in [1.807, 2.05) is 0 Å². The van der Waals surface area contributed by atoms with E-state index in [4.69, 9.17) is 0 Å². The molecule has 13 heavy (non-hydrogen) atoms. The topological polar surface area (TPSA) is 24.1 Å². The Morgan fingerprint density at radius 2 is 1.69 bits per heavy atom. The van der Waals surface area contributed by atoms with Crippen molar-refractivity contribution in [1.29, 1.82) is 0 Å². The first kappa shape index (κ1) is 13.1. The van der Waals surface area contributed by atoms with Crippen molar-refractivity contribution < 1.29 is 0 Å². The van der Waals surface area contributed by atoms with Crippen LogP contribution in [0.15, 0.2) is 0 Å². The van der Waals surface area contributed by atoms with Gasteiger partial charge in [-0.2, -0.15) is 0 Å². The minimum atomic E-state index is 0.526. The van der Waals surface area contributed by atoms with Gasteiger partial charge in [-0.25, -0.2) is 0 Å². The fourth-order valence-electron chi connectivity index (χ4n) is 1.74. The molecule has 80 valence electrons. The van der Waals surface area contributed by atoms with E-state index in [0.29, 0.717) is 6.17 Å². The quantitative estimate of drug-likeness (QED) is 0.448. The van der Waals surface area contributed by atoms with E-state index in [1.54, 1.807) is 0 Å². The zero-order valence-corrected chi connectivity index (χ0v) is 11.7. The van der Waals surface area contributed by atoms with E-state index in [2.05, 4.69) is 31.4 Å². The minimum absolute atomic E-state index is 0.526. The molecule has 1 atom stereocenters. The summed E-state index contributed by atoms with van der Waals surface area (Å²) in [4.78, 5) is 0. The summed E-state index contributed by atoms with van der Waals surface area (Å²) in [5.74, 6) is 0.862. The van der Waals surface area contributed by atoms with Crippen LogP contribution in [-0.2, 0) is 0 Å². The van der Waals surface area contributed by atoms with Crippen LogP contribution in [0.5, 0.6) is 0 Å². The van der Waals surface area contributed by atoms with E-state index in [1.165, 1.54) is 29.1 Å². The van der Waals surface area contributed by atoms with Crippen molar-refractivity contribution in [1.82, 2.24) is 10.6 Å². The zero-order chi connectivity index (χ0) is 10.1. The molecule has 0 bridgehead atoms. The Kier molecular flexibility index (Phi) is 8.81. The van der Waals surface area contributed by atoms with Crippen LogP contribution in [0.2, 0.25) is 6.04 Å². The summed E-state index contributed by atoms with van der Waals surface area (Å²) in [6.45, 7) is 8.82. The second-order valence-corrected chi connectivity index (χ2v) is 4.80. The lowest BCUT2D eigenvalue weighted by Gasteiger charge is -2.22. The Balaban J connectivity index is 3.64. The third kappa shape index (κ3) is 7.23. The monoisotopic (exact) mass is 202 g/mol. The van der Waals surface area contributed by atoms with E-state index in [0.717, 1.165) is 19.0 Å². The largest absolute Gasteiger partial charge is 0.302 e. The van der Waals surface area contributed by atoms with Gasteiger partial charge >= 0.3 is 0 Å². The second kappa shape index (κ2) is 8.72. The Bertz CT molecular complexity index is 103. The highest BCUT2D eigenvalue weighted by Crippen LogP contribution is 2.10. The van der Waals surface area contributed by atoms with Crippen LogP contribution in [0.1, 0.15) is 33.6 Å². The highest BCUT2D eigenvalue weighted by atomic mass is 28.1. The first-order chi connectivity index (χ1) is 6.24. The fraction of sp³-hybridized carbons (Fsp3) is 1.00. The predicted molar refractivity (Wildman–Crippen MR) is 64.3 cm³/mol. The first-order valence-electron chi connectivity index (χ1n) is 5.71. The van der Waals surface area contributed by atoms with Gasteiger partial charge in [0, 0.05) is 10.2 Å². The molecule has 0 fully saturated rings. The van der Waals surface area contributed by atoms with Gasteiger partial charge in [-0.05, 0) is 25.4 Å². The van der Waals surface area contributed by atoms with Crippen molar-refractivity contribution in [3.05, 3.63) is 0 Å². The summed E-state index contributed by atoms with van der Waals surface area (Å²) in [5.41, 5.74) is 0. The van der Waals surface area contributed by atoms with Gasteiger partial charge in [-0.15, -0.1) is 0 Å². The lowest BCUT2D eigenvalue weighted by Crippen LogP contribution is -2.43. The minimum Gasteiger partial charge on any atom is -0.302 e. The van der Waals surface area contributed by atoms with Gasteiger partial charge < -0.3 is 10.6 Å². The van der Waals surface area contributed by atoms with E-state index in [9.17, 15) is 0 Å². The van der Waals surface area contributed by atoms with Gasteiger partial charge in [0.2, 0.25) is 0 Å². The van der Waals surface area contributed by atoms with Crippen molar-refractivity contribution in [3.8, 4) is 0 Å². The summed E-state index contributed by atoms with van der Waals surface area (Å²) in [6, 6.07) is 1.44. The molecule has 2 N–H and O–H groups in total. The summed E-state index contributed by atoms with van der Waals surface area (Å²) in [6.07, 6.45) is 3.20. The molecule has 0 saturated carbocycles. The Morgan fingerprint density at radius 3 is 2.08 bits per heavy atom. The molecular formula is C10H26N2Si. The van der Waals surface area contributed by atoms with Crippen LogP contribution in [0, 0.1) is 5.92 Å². The molecule has 0 rings (SSSR count). The molecule has 0 radical (unpaired) electrons. The van der Waals surface area contributed by atoms with Crippen molar-refractivity contribution >= 4 is 10.2 Å². The van der Waals surface area contributed by atoms with Gasteiger partial charge in [0.15, 0.2) is 0 Å². The third-order valence-electron chi connectivity index (χ3n) is 2.32. The van der Waals surface area contributed by atoms with Gasteiger partial charge in [0.05, 0.1) is 6.17 Å². The molecule has 0 aliphatic rings. The maximum atomic E-state index is 3.47. The third-order valence-corrected chi connectivity index (χ3v) is 2.90. The van der Waals surface area contributed by atoms with Crippen molar-refractivity contribution in [2.75, 3.05) is 13.1 Å². The molecule has 0 saturated heterocycles. The molecular weight excluding hydrogens is 176 g/mol. The van der Waals surface area contributed by atoms with Gasteiger partial charge in [-0.1, -0.05) is 33.2 Å². The molecule has 1 unspecified atom stereocenters. The Hall–Kier alpha value is 0.137. The lowest BCUT2D eigenvalue weighted by molar-refractivity contribution is 0.352. The summed E-state index contributed by atoms with van der Waals surface area (Å²) in [5, 5.41) is 6.95. The second-order valence-electron chi connectivity index (χ2n) is 3.80. The lowest BCUT2D eigenvalue weighted by atomic mass is 10.0. The highest BCUT2D eigenvalue weighted by Gasteiger charge is 2.09. The fourth-order valence-corrected chi connectivity index (χ4v) is 2.73. The molecule has 0 aliphatic carbocycles. The van der Waals surface area contributed by atoms with Crippen molar-refractivity contribution in [2.45, 2.75) is 45.8 Å². The maximum Gasteiger partial charge on any atom is 0.0574 e. The van der Waals surface area contributed by atoms with Crippen LogP contribution in [0.4, 0.5) is 0 Å². The number of hydrogen-bond donors (Lipinski definition) is 2. The molecule has 0 aromatic rings. The summed E-state index contributed by atoms with van der Waals surface area (Å²) >= 11 is 0.